The number of hydrogen-bond donors (Lipinski definition) is 1. The van der Waals surface area contributed by atoms with E-state index in [1.54, 1.807) is 0 Å². The summed E-state index contributed by atoms with van der Waals surface area (Å²) in [4.78, 5) is 10.7. The van der Waals surface area contributed by atoms with Crippen LogP contribution in [0.3, 0.4) is 0 Å². The molecule has 2 aliphatic heterocycles. The molecule has 24 heavy (non-hydrogen) atoms. The molecule has 1 N–H and O–H groups in total. The fraction of sp³-hybridized carbons (Fsp3) is 0.500. The van der Waals surface area contributed by atoms with Crippen molar-refractivity contribution >= 4 is 27.6 Å². The second-order valence-corrected chi connectivity index (χ2v) is 8.20. The van der Waals surface area contributed by atoms with E-state index in [0.29, 0.717) is 18.9 Å². The number of carboxylic acids is 1. The Kier molecular flexibility index (Phi) is 4.09. The van der Waals surface area contributed by atoms with E-state index in [-0.39, 0.29) is 6.42 Å². The summed E-state index contributed by atoms with van der Waals surface area (Å²) >= 11 is 5.52. The highest BCUT2D eigenvalue weighted by molar-refractivity contribution is 7.89. The first-order valence-corrected chi connectivity index (χ1v) is 8.98. The van der Waals surface area contributed by atoms with Crippen molar-refractivity contribution in [2.45, 2.75) is 42.4 Å². The molecule has 1 aromatic rings. The first-order chi connectivity index (χ1) is 11.0. The number of alkyl halides is 3. The summed E-state index contributed by atoms with van der Waals surface area (Å²) in [5, 5.41) is 8.60. The maximum absolute atomic E-state index is 13.0. The minimum Gasteiger partial charge on any atom is -0.481 e. The Balaban J connectivity index is 2.02. The molecule has 3 rings (SSSR count). The number of carboxylic acid groups (broad SMARTS) is 1. The monoisotopic (exact) mass is 383 g/mol. The molecule has 1 aromatic carbocycles. The fourth-order valence-electron chi connectivity index (χ4n) is 3.58. The Morgan fingerprint density at radius 3 is 2.50 bits per heavy atom. The summed E-state index contributed by atoms with van der Waals surface area (Å²) in [5.41, 5.74) is -1.23. The number of hydrogen-bond acceptors (Lipinski definition) is 3. The normalized spacial score (nSPS) is 27.6. The van der Waals surface area contributed by atoms with Crippen LogP contribution in [0.2, 0.25) is 5.02 Å². The maximum Gasteiger partial charge on any atom is 0.417 e. The first kappa shape index (κ1) is 17.5. The van der Waals surface area contributed by atoms with E-state index in [4.69, 9.17) is 11.6 Å². The van der Waals surface area contributed by atoms with Crippen LogP contribution in [0.4, 0.5) is 13.2 Å². The van der Waals surface area contributed by atoms with Crippen LogP contribution >= 0.6 is 11.6 Å². The largest absolute Gasteiger partial charge is 0.481 e. The lowest BCUT2D eigenvalue weighted by Crippen LogP contribution is -2.37. The summed E-state index contributed by atoms with van der Waals surface area (Å²) in [7, 11) is -4.23. The molecule has 0 saturated carbocycles. The number of carbonyl (C=O) groups is 1. The lowest BCUT2D eigenvalue weighted by molar-refractivity contribution is -0.142. The van der Waals surface area contributed by atoms with Gasteiger partial charge < -0.3 is 5.11 Å². The number of aliphatic carboxylic acids is 1. The van der Waals surface area contributed by atoms with E-state index < -0.39 is 55.7 Å². The quantitative estimate of drug-likeness (QED) is 0.870. The molecule has 0 amide bonds. The summed E-state index contributed by atoms with van der Waals surface area (Å²) in [6.07, 6.45) is -3.71. The number of benzene rings is 1. The van der Waals surface area contributed by atoms with Gasteiger partial charge in [0.05, 0.1) is 21.4 Å². The van der Waals surface area contributed by atoms with Gasteiger partial charge in [-0.25, -0.2) is 8.42 Å². The predicted octanol–water partition coefficient (Wildman–Crippen LogP) is 2.99. The van der Waals surface area contributed by atoms with Crippen molar-refractivity contribution in [3.05, 3.63) is 28.8 Å². The molecule has 2 heterocycles. The van der Waals surface area contributed by atoms with Gasteiger partial charge in [0.25, 0.3) is 0 Å². The maximum atomic E-state index is 13.0. The molecule has 3 atom stereocenters. The number of sulfonamides is 1. The highest BCUT2D eigenvalue weighted by Crippen LogP contribution is 2.45. The standard InChI is InChI=1S/C14H13ClF3NO4S/c15-11-3-2-8(6-10(11)14(16,17)18)24(22,23)19-7-1-4-12(19)9(5-7)13(20)21/h2-3,6-7,9,12H,1,4-5H2,(H,20,21). The zero-order valence-electron chi connectivity index (χ0n) is 12.1. The van der Waals surface area contributed by atoms with Crippen molar-refractivity contribution in [1.82, 2.24) is 4.31 Å². The van der Waals surface area contributed by atoms with Gasteiger partial charge in [0.1, 0.15) is 0 Å². The van der Waals surface area contributed by atoms with E-state index in [1.807, 2.05) is 0 Å². The third-order valence-electron chi connectivity index (χ3n) is 4.61. The van der Waals surface area contributed by atoms with E-state index >= 15 is 0 Å². The average molecular weight is 384 g/mol. The summed E-state index contributed by atoms with van der Waals surface area (Å²) in [6, 6.07) is 1.20. The van der Waals surface area contributed by atoms with Crippen molar-refractivity contribution in [3.63, 3.8) is 0 Å². The Morgan fingerprint density at radius 2 is 1.96 bits per heavy atom. The minimum atomic E-state index is -4.78. The Hall–Kier alpha value is -1.32. The molecular weight excluding hydrogens is 371 g/mol. The second-order valence-electron chi connectivity index (χ2n) is 5.95. The van der Waals surface area contributed by atoms with Gasteiger partial charge in [0.2, 0.25) is 10.0 Å². The Bertz CT molecular complexity index is 796. The molecule has 0 aromatic heterocycles. The first-order valence-electron chi connectivity index (χ1n) is 7.16. The smallest absolute Gasteiger partial charge is 0.417 e. The highest BCUT2D eigenvalue weighted by Gasteiger charge is 2.54. The molecular formula is C14H13ClF3NO4S. The molecule has 0 aliphatic carbocycles. The van der Waals surface area contributed by atoms with Crippen LogP contribution in [-0.2, 0) is 21.0 Å². The molecule has 5 nitrogen and oxygen atoms in total. The topological polar surface area (TPSA) is 74.7 Å². The van der Waals surface area contributed by atoms with Crippen LogP contribution in [0.25, 0.3) is 0 Å². The highest BCUT2D eigenvalue weighted by atomic mass is 35.5. The SMILES string of the molecule is O=C(O)C1CC2CCC1N2S(=O)(=O)c1ccc(Cl)c(C(F)(F)F)c1. The zero-order chi connectivity index (χ0) is 17.9. The lowest BCUT2D eigenvalue weighted by Gasteiger charge is -2.23. The molecule has 2 aliphatic rings. The van der Waals surface area contributed by atoms with Crippen molar-refractivity contribution in [1.29, 1.82) is 0 Å². The van der Waals surface area contributed by atoms with Crippen molar-refractivity contribution in [3.8, 4) is 0 Å². The molecule has 2 bridgehead atoms. The predicted molar refractivity (Wildman–Crippen MR) is 78.0 cm³/mol. The van der Waals surface area contributed by atoms with E-state index in [1.165, 1.54) is 0 Å². The van der Waals surface area contributed by atoms with Gasteiger partial charge in [-0.1, -0.05) is 11.6 Å². The molecule has 132 valence electrons. The Labute approximate surface area is 141 Å². The van der Waals surface area contributed by atoms with Gasteiger partial charge in [0, 0.05) is 12.1 Å². The van der Waals surface area contributed by atoms with E-state index in [0.717, 1.165) is 16.4 Å². The summed E-state index contributed by atoms with van der Waals surface area (Å²) in [5.74, 6) is -1.91. The van der Waals surface area contributed by atoms with Crippen molar-refractivity contribution in [2.75, 3.05) is 0 Å². The second kappa shape index (κ2) is 5.60. The molecule has 0 spiro atoms. The van der Waals surface area contributed by atoms with Gasteiger partial charge in [-0.3, -0.25) is 4.79 Å². The van der Waals surface area contributed by atoms with Crippen LogP contribution in [0.5, 0.6) is 0 Å². The van der Waals surface area contributed by atoms with Gasteiger partial charge in [-0.15, -0.1) is 0 Å². The van der Waals surface area contributed by atoms with E-state index in [2.05, 4.69) is 0 Å². The molecule has 0 radical (unpaired) electrons. The Morgan fingerprint density at radius 1 is 1.29 bits per heavy atom. The molecule has 3 unspecified atom stereocenters. The summed E-state index contributed by atoms with van der Waals surface area (Å²) < 4.78 is 65.5. The van der Waals surface area contributed by atoms with Crippen LogP contribution in [0, 0.1) is 5.92 Å². The molecule has 2 saturated heterocycles. The zero-order valence-corrected chi connectivity index (χ0v) is 13.7. The molecule has 10 heteroatoms. The van der Waals surface area contributed by atoms with Crippen LogP contribution in [0.15, 0.2) is 23.1 Å². The minimum absolute atomic E-state index is 0.180. The van der Waals surface area contributed by atoms with Gasteiger partial charge in [0.15, 0.2) is 0 Å². The number of fused-ring (bicyclic) bond motifs is 2. The van der Waals surface area contributed by atoms with E-state index in [9.17, 15) is 31.5 Å². The van der Waals surface area contributed by atoms with Crippen molar-refractivity contribution in [2.24, 2.45) is 5.92 Å². The van der Waals surface area contributed by atoms with Gasteiger partial charge in [-0.2, -0.15) is 17.5 Å². The van der Waals surface area contributed by atoms with Crippen molar-refractivity contribution < 1.29 is 31.5 Å². The number of rotatable bonds is 3. The van der Waals surface area contributed by atoms with Crippen LogP contribution < -0.4 is 0 Å². The lowest BCUT2D eigenvalue weighted by atomic mass is 9.89. The molecule has 2 fully saturated rings. The third-order valence-corrected chi connectivity index (χ3v) is 6.91. The average Bonchev–Trinajstić information content (AvgIpc) is 3.04. The summed E-state index contributed by atoms with van der Waals surface area (Å²) in [6.45, 7) is 0. The van der Waals surface area contributed by atoms with Crippen LogP contribution in [0.1, 0.15) is 24.8 Å². The van der Waals surface area contributed by atoms with Gasteiger partial charge >= 0.3 is 12.1 Å². The number of halogens is 4. The third kappa shape index (κ3) is 2.68. The number of nitrogens with zero attached hydrogens (tertiary/aromatic N) is 1. The van der Waals surface area contributed by atoms with Gasteiger partial charge in [-0.05, 0) is 37.5 Å². The fourth-order valence-corrected chi connectivity index (χ4v) is 5.75. The van der Waals surface area contributed by atoms with Crippen LogP contribution in [-0.4, -0.2) is 35.9 Å².